The number of benzene rings is 1. The minimum Gasteiger partial charge on any atom is -0.379 e. The van der Waals surface area contributed by atoms with E-state index in [4.69, 9.17) is 4.52 Å². The lowest BCUT2D eigenvalue weighted by atomic mass is 10.0. The summed E-state index contributed by atoms with van der Waals surface area (Å²) in [5.41, 5.74) is -0.458. The lowest BCUT2D eigenvalue weighted by Crippen LogP contribution is -2.34. The number of nitrogens with zero attached hydrogens (tertiary/aromatic N) is 5. The van der Waals surface area contributed by atoms with Crippen LogP contribution in [0.3, 0.4) is 0 Å². The maximum Gasteiger partial charge on any atom is 0.260 e. The van der Waals surface area contributed by atoms with E-state index in [1.165, 1.54) is 16.7 Å². The van der Waals surface area contributed by atoms with E-state index in [0.717, 1.165) is 5.56 Å². The van der Waals surface area contributed by atoms with E-state index >= 15 is 0 Å². The number of rotatable bonds is 5. The molecule has 0 radical (unpaired) electrons. The van der Waals surface area contributed by atoms with Gasteiger partial charge in [0.25, 0.3) is 5.89 Å². The molecule has 2 aromatic heterocycles. The minimum absolute atomic E-state index is 0.0393. The second-order valence-electron chi connectivity index (χ2n) is 6.63. The lowest BCUT2D eigenvalue weighted by molar-refractivity contribution is 0.0194. The molecule has 4 rings (SSSR count). The predicted octanol–water partition coefficient (Wildman–Crippen LogP) is 0.905. The van der Waals surface area contributed by atoms with Crippen LogP contribution >= 0.6 is 0 Å². The summed E-state index contributed by atoms with van der Waals surface area (Å²) in [5.74, 6) is 0.430. The molecule has 10 heteroatoms. The third-order valence-electron chi connectivity index (χ3n) is 4.57. The van der Waals surface area contributed by atoms with Gasteiger partial charge in [-0.2, -0.15) is 14.4 Å². The van der Waals surface area contributed by atoms with Gasteiger partial charge in [-0.15, -0.1) is 0 Å². The third-order valence-corrected chi connectivity index (χ3v) is 6.37. The molecule has 0 unspecified atom stereocenters. The van der Waals surface area contributed by atoms with Crippen molar-refractivity contribution in [2.75, 3.05) is 13.1 Å². The van der Waals surface area contributed by atoms with Crippen molar-refractivity contribution in [2.45, 2.75) is 30.4 Å². The molecule has 1 saturated heterocycles. The minimum atomic E-state index is -3.78. The van der Waals surface area contributed by atoms with Gasteiger partial charge in [-0.25, -0.2) is 8.42 Å². The Morgan fingerprint density at radius 2 is 2.07 bits per heavy atom. The van der Waals surface area contributed by atoms with E-state index in [9.17, 15) is 13.5 Å². The second kappa shape index (κ2) is 6.55. The van der Waals surface area contributed by atoms with Gasteiger partial charge in [0.2, 0.25) is 10.0 Å². The first-order valence-electron chi connectivity index (χ1n) is 8.46. The molecule has 0 saturated carbocycles. The number of aryl methyl sites for hydroxylation is 1. The second-order valence-corrected chi connectivity index (χ2v) is 8.56. The van der Waals surface area contributed by atoms with E-state index in [-0.39, 0.29) is 30.3 Å². The van der Waals surface area contributed by atoms with Crippen LogP contribution in [-0.2, 0) is 22.2 Å². The molecule has 1 aromatic carbocycles. The van der Waals surface area contributed by atoms with Crippen molar-refractivity contribution in [3.8, 4) is 0 Å². The monoisotopic (exact) mass is 389 g/mol. The van der Waals surface area contributed by atoms with Gasteiger partial charge >= 0.3 is 0 Å². The fourth-order valence-electron chi connectivity index (χ4n) is 3.11. The third kappa shape index (κ3) is 3.38. The van der Waals surface area contributed by atoms with Crippen LogP contribution < -0.4 is 0 Å². The maximum absolute atomic E-state index is 12.9. The van der Waals surface area contributed by atoms with Crippen molar-refractivity contribution < 1.29 is 18.0 Å². The molecular formula is C17H19N5O4S. The van der Waals surface area contributed by atoms with Crippen molar-refractivity contribution in [2.24, 2.45) is 0 Å². The molecule has 0 amide bonds. The van der Waals surface area contributed by atoms with Crippen molar-refractivity contribution >= 4 is 10.0 Å². The van der Waals surface area contributed by atoms with Crippen molar-refractivity contribution in [1.82, 2.24) is 24.2 Å². The molecule has 1 aliphatic rings. The molecule has 3 aromatic rings. The first-order chi connectivity index (χ1) is 12.9. The van der Waals surface area contributed by atoms with Crippen LogP contribution in [0.5, 0.6) is 0 Å². The highest BCUT2D eigenvalue weighted by molar-refractivity contribution is 7.89. The van der Waals surface area contributed by atoms with Crippen molar-refractivity contribution in [3.63, 3.8) is 0 Å². The summed E-state index contributed by atoms with van der Waals surface area (Å²) in [6, 6.07) is 9.65. The van der Waals surface area contributed by atoms with Crippen LogP contribution in [0.1, 0.15) is 23.7 Å². The topological polar surface area (TPSA) is 114 Å². The quantitative estimate of drug-likeness (QED) is 0.689. The van der Waals surface area contributed by atoms with Crippen molar-refractivity contribution in [3.05, 3.63) is 60.0 Å². The largest absolute Gasteiger partial charge is 0.379 e. The standard InChI is InChI=1S/C17H19N5O4S/c1-13-19-16(26-20-13)17(23)7-8-22(12-17)27(24,25)15-9-18-21(11-15)10-14-5-3-2-4-6-14/h2-6,9,11,23H,7-8,10,12H2,1H3/t17-/m1/s1. The average Bonchev–Trinajstić information content (AvgIpc) is 3.37. The summed E-state index contributed by atoms with van der Waals surface area (Å²) in [4.78, 5) is 4.13. The highest BCUT2D eigenvalue weighted by Crippen LogP contribution is 2.33. The van der Waals surface area contributed by atoms with Gasteiger partial charge in [-0.05, 0) is 12.5 Å². The van der Waals surface area contributed by atoms with Crippen LogP contribution in [0.15, 0.2) is 52.1 Å². The maximum atomic E-state index is 12.9. The summed E-state index contributed by atoms with van der Waals surface area (Å²) in [5, 5.41) is 18.6. The van der Waals surface area contributed by atoms with Gasteiger partial charge in [0.1, 0.15) is 4.90 Å². The van der Waals surface area contributed by atoms with E-state index in [1.54, 1.807) is 11.6 Å². The zero-order chi connectivity index (χ0) is 19.1. The Labute approximate surface area is 156 Å². The lowest BCUT2D eigenvalue weighted by Gasteiger charge is -2.19. The highest BCUT2D eigenvalue weighted by atomic mass is 32.2. The Balaban J connectivity index is 1.52. The summed E-state index contributed by atoms with van der Waals surface area (Å²) in [6.45, 7) is 2.13. The number of sulfonamides is 1. The molecule has 142 valence electrons. The molecule has 0 aliphatic carbocycles. The number of hydrogen-bond donors (Lipinski definition) is 1. The Morgan fingerprint density at radius 1 is 1.30 bits per heavy atom. The van der Waals surface area contributed by atoms with E-state index in [2.05, 4.69) is 15.2 Å². The number of hydrogen-bond acceptors (Lipinski definition) is 7. The fraction of sp³-hybridized carbons (Fsp3) is 0.353. The first kappa shape index (κ1) is 17.8. The molecule has 3 heterocycles. The van der Waals surface area contributed by atoms with E-state index < -0.39 is 15.6 Å². The van der Waals surface area contributed by atoms with Gasteiger partial charge in [0, 0.05) is 19.2 Å². The number of β-amino-alcohol motifs (C(OH)–C–C–N with tert-alkyl or cyclic N) is 1. The Hall–Kier alpha value is -2.56. The molecule has 27 heavy (non-hydrogen) atoms. The van der Waals surface area contributed by atoms with Gasteiger partial charge in [-0.1, -0.05) is 35.5 Å². The summed E-state index contributed by atoms with van der Waals surface area (Å²) >= 11 is 0. The molecular weight excluding hydrogens is 370 g/mol. The predicted molar refractivity (Wildman–Crippen MR) is 94.1 cm³/mol. The molecule has 9 nitrogen and oxygen atoms in total. The van der Waals surface area contributed by atoms with E-state index in [0.29, 0.717) is 12.4 Å². The first-order valence-corrected chi connectivity index (χ1v) is 9.90. The van der Waals surface area contributed by atoms with Crippen LogP contribution in [0.2, 0.25) is 0 Å². The van der Waals surface area contributed by atoms with Crippen molar-refractivity contribution in [1.29, 1.82) is 0 Å². The number of aromatic nitrogens is 4. The smallest absolute Gasteiger partial charge is 0.260 e. The normalized spacial score (nSPS) is 21.0. The van der Waals surface area contributed by atoms with Crippen LogP contribution in [0.25, 0.3) is 0 Å². The zero-order valence-electron chi connectivity index (χ0n) is 14.7. The summed E-state index contributed by atoms with van der Waals surface area (Å²) in [7, 11) is -3.78. The van der Waals surface area contributed by atoms with Crippen LogP contribution in [-0.4, -0.2) is 50.8 Å². The molecule has 0 spiro atoms. The van der Waals surface area contributed by atoms with E-state index in [1.807, 2.05) is 30.3 Å². The van der Waals surface area contributed by atoms with Crippen LogP contribution in [0, 0.1) is 6.92 Å². The average molecular weight is 389 g/mol. The van der Waals surface area contributed by atoms with Gasteiger partial charge in [-0.3, -0.25) is 4.68 Å². The summed E-state index contributed by atoms with van der Waals surface area (Å²) < 4.78 is 33.7. The number of aliphatic hydroxyl groups is 1. The van der Waals surface area contributed by atoms with Gasteiger partial charge in [0.05, 0.1) is 19.3 Å². The molecule has 1 aliphatic heterocycles. The van der Waals surface area contributed by atoms with Gasteiger partial charge < -0.3 is 9.63 Å². The Kier molecular flexibility index (Phi) is 4.33. The molecule has 1 N–H and O–H groups in total. The molecule has 1 atom stereocenters. The Morgan fingerprint density at radius 3 is 2.78 bits per heavy atom. The SMILES string of the molecule is Cc1noc([C@@]2(O)CCN(S(=O)(=O)c3cnn(Cc4ccccc4)c3)C2)n1. The zero-order valence-corrected chi connectivity index (χ0v) is 15.5. The van der Waals surface area contributed by atoms with Gasteiger partial charge in [0.15, 0.2) is 11.4 Å². The summed E-state index contributed by atoms with van der Waals surface area (Å²) in [6.07, 6.45) is 3.01. The van der Waals surface area contributed by atoms with Crippen LogP contribution in [0.4, 0.5) is 0 Å². The molecule has 0 bridgehead atoms. The Bertz CT molecular complexity index is 1050. The highest BCUT2D eigenvalue weighted by Gasteiger charge is 2.46. The molecule has 1 fully saturated rings. The fourth-order valence-corrected chi connectivity index (χ4v) is 4.56.